The van der Waals surface area contributed by atoms with Crippen LogP contribution in [-0.2, 0) is 28.4 Å². The molecule has 0 fully saturated rings. The molecule has 0 radical (unpaired) electrons. The van der Waals surface area contributed by atoms with Crippen LogP contribution in [0.3, 0.4) is 0 Å². The van der Waals surface area contributed by atoms with Crippen LogP contribution in [0.25, 0.3) is 0 Å². The van der Waals surface area contributed by atoms with Crippen molar-refractivity contribution >= 4 is 33.2 Å². The first kappa shape index (κ1) is 18.9. The molecular weight excluding hydrogens is 390 g/mol. The fourth-order valence-corrected chi connectivity index (χ4v) is 4.88. The lowest BCUT2D eigenvalue weighted by Crippen LogP contribution is -2.09. The van der Waals surface area contributed by atoms with Gasteiger partial charge in [-0.25, -0.2) is 8.42 Å². The Morgan fingerprint density at radius 2 is 1.77 bits per heavy atom. The highest BCUT2D eigenvalue weighted by molar-refractivity contribution is 7.98. The highest BCUT2D eigenvalue weighted by Crippen LogP contribution is 2.26. The molecule has 136 valence electrons. The van der Waals surface area contributed by atoms with Crippen LogP contribution in [-0.4, -0.2) is 23.2 Å². The number of aromatic nitrogens is 3. The lowest BCUT2D eigenvalue weighted by atomic mass is 10.2. The van der Waals surface area contributed by atoms with Gasteiger partial charge in [0.1, 0.15) is 11.6 Å². The van der Waals surface area contributed by atoms with Gasteiger partial charge in [-0.2, -0.15) is 0 Å². The predicted molar refractivity (Wildman–Crippen MR) is 104 cm³/mol. The van der Waals surface area contributed by atoms with Gasteiger partial charge >= 0.3 is 0 Å². The maximum Gasteiger partial charge on any atom is 0.191 e. The molecule has 2 aromatic carbocycles. The summed E-state index contributed by atoms with van der Waals surface area (Å²) in [6, 6.07) is 14.4. The minimum atomic E-state index is -3.47. The van der Waals surface area contributed by atoms with Crippen molar-refractivity contribution in [3.05, 3.63) is 70.5 Å². The summed E-state index contributed by atoms with van der Waals surface area (Å²) in [4.78, 5) is 0.288. The zero-order valence-corrected chi connectivity index (χ0v) is 16.8. The molecule has 26 heavy (non-hydrogen) atoms. The summed E-state index contributed by atoms with van der Waals surface area (Å²) >= 11 is 7.64. The fraction of sp³-hybridized carbons (Fsp3) is 0.222. The van der Waals surface area contributed by atoms with Crippen LogP contribution in [0.1, 0.15) is 17.0 Å². The fourth-order valence-electron chi connectivity index (χ4n) is 2.35. The van der Waals surface area contributed by atoms with Crippen LogP contribution in [0.4, 0.5) is 0 Å². The van der Waals surface area contributed by atoms with E-state index in [4.69, 9.17) is 11.6 Å². The summed E-state index contributed by atoms with van der Waals surface area (Å²) in [5.74, 6) is 0.856. The molecule has 0 saturated heterocycles. The van der Waals surface area contributed by atoms with E-state index in [0.717, 1.165) is 11.1 Å². The molecule has 3 rings (SSSR count). The molecule has 0 aliphatic heterocycles. The average Bonchev–Trinajstić information content (AvgIpc) is 2.94. The Hall–Kier alpha value is -1.83. The molecule has 1 aromatic heterocycles. The molecule has 0 atom stereocenters. The van der Waals surface area contributed by atoms with Crippen LogP contribution in [0.2, 0.25) is 5.02 Å². The monoisotopic (exact) mass is 407 g/mol. The summed E-state index contributed by atoms with van der Waals surface area (Å²) in [5, 5.41) is 9.53. The van der Waals surface area contributed by atoms with Gasteiger partial charge in [-0.15, -0.1) is 10.2 Å². The summed E-state index contributed by atoms with van der Waals surface area (Å²) < 4.78 is 26.9. The SMILES string of the molecule is Cc1ccc(S(=O)(=O)Cc2nnc(SCc3ccccc3Cl)n2C)cc1. The lowest BCUT2D eigenvalue weighted by molar-refractivity contribution is 0.591. The van der Waals surface area contributed by atoms with Crippen LogP contribution >= 0.6 is 23.4 Å². The van der Waals surface area contributed by atoms with E-state index < -0.39 is 9.84 Å². The largest absolute Gasteiger partial charge is 0.308 e. The summed E-state index contributed by atoms with van der Waals surface area (Å²) in [5.41, 5.74) is 2.01. The van der Waals surface area contributed by atoms with Crippen molar-refractivity contribution in [1.29, 1.82) is 0 Å². The predicted octanol–water partition coefficient (Wildman–Crippen LogP) is 4.04. The van der Waals surface area contributed by atoms with E-state index >= 15 is 0 Å². The first-order valence-electron chi connectivity index (χ1n) is 7.91. The number of thioether (sulfide) groups is 1. The van der Waals surface area contributed by atoms with Gasteiger partial charge in [0.25, 0.3) is 0 Å². The van der Waals surface area contributed by atoms with Crippen LogP contribution in [0, 0.1) is 6.92 Å². The molecule has 0 spiro atoms. The number of sulfone groups is 1. The van der Waals surface area contributed by atoms with Gasteiger partial charge in [-0.05, 0) is 30.7 Å². The summed E-state index contributed by atoms with van der Waals surface area (Å²) in [7, 11) is -1.69. The molecule has 0 unspecified atom stereocenters. The molecule has 0 amide bonds. The Morgan fingerprint density at radius 1 is 1.08 bits per heavy atom. The third-order valence-corrected chi connectivity index (χ3v) is 7.01. The molecule has 0 aliphatic rings. The van der Waals surface area contributed by atoms with Crippen molar-refractivity contribution in [3.63, 3.8) is 0 Å². The van der Waals surface area contributed by atoms with Gasteiger partial charge in [-0.1, -0.05) is 59.3 Å². The number of halogens is 1. The minimum absolute atomic E-state index is 0.188. The number of hydrogen-bond donors (Lipinski definition) is 0. The number of rotatable bonds is 6. The molecule has 8 heteroatoms. The van der Waals surface area contributed by atoms with Crippen LogP contribution < -0.4 is 0 Å². The number of benzene rings is 2. The van der Waals surface area contributed by atoms with Crippen molar-refractivity contribution in [2.75, 3.05) is 0 Å². The first-order valence-corrected chi connectivity index (χ1v) is 10.9. The highest BCUT2D eigenvalue weighted by Gasteiger charge is 2.20. The second kappa shape index (κ2) is 7.82. The van der Waals surface area contributed by atoms with E-state index in [0.29, 0.717) is 21.8 Å². The van der Waals surface area contributed by atoms with Crippen LogP contribution in [0.15, 0.2) is 58.6 Å². The van der Waals surface area contributed by atoms with Gasteiger partial charge in [-0.3, -0.25) is 0 Å². The third-order valence-electron chi connectivity index (χ3n) is 3.94. The maximum absolute atomic E-state index is 12.6. The normalized spacial score (nSPS) is 11.7. The zero-order valence-electron chi connectivity index (χ0n) is 14.4. The van der Waals surface area contributed by atoms with Gasteiger partial charge in [0.15, 0.2) is 15.0 Å². The first-order chi connectivity index (χ1) is 12.4. The van der Waals surface area contributed by atoms with Crippen molar-refractivity contribution in [3.8, 4) is 0 Å². The van der Waals surface area contributed by atoms with E-state index in [1.807, 2.05) is 31.2 Å². The van der Waals surface area contributed by atoms with Gasteiger partial charge < -0.3 is 4.57 Å². The highest BCUT2D eigenvalue weighted by atomic mass is 35.5. The summed E-state index contributed by atoms with van der Waals surface area (Å²) in [6.07, 6.45) is 0. The Bertz CT molecular complexity index is 1020. The Labute approximate surface area is 162 Å². The lowest BCUT2D eigenvalue weighted by Gasteiger charge is -2.06. The van der Waals surface area contributed by atoms with Gasteiger partial charge in [0, 0.05) is 17.8 Å². The second-order valence-corrected chi connectivity index (χ2v) is 9.25. The topological polar surface area (TPSA) is 64.8 Å². The molecule has 5 nitrogen and oxygen atoms in total. The number of nitrogens with zero attached hydrogens (tertiary/aromatic N) is 3. The van der Waals surface area contributed by atoms with Crippen LogP contribution in [0.5, 0.6) is 0 Å². The standard InChI is InChI=1S/C18H18ClN3O2S2/c1-13-7-9-15(10-8-13)26(23,24)12-17-20-21-18(22(17)2)25-11-14-5-3-4-6-16(14)19/h3-10H,11-12H2,1-2H3. The Kier molecular flexibility index (Phi) is 5.70. The number of aryl methyl sites for hydroxylation is 1. The van der Waals surface area contributed by atoms with Crippen molar-refractivity contribution in [2.24, 2.45) is 7.05 Å². The third kappa shape index (κ3) is 4.28. The molecule has 0 bridgehead atoms. The quantitative estimate of drug-likeness (QED) is 0.577. The minimum Gasteiger partial charge on any atom is -0.308 e. The van der Waals surface area contributed by atoms with E-state index in [-0.39, 0.29) is 10.6 Å². The molecule has 0 N–H and O–H groups in total. The Balaban J connectivity index is 1.74. The zero-order chi connectivity index (χ0) is 18.7. The van der Waals surface area contributed by atoms with E-state index in [2.05, 4.69) is 10.2 Å². The summed E-state index contributed by atoms with van der Waals surface area (Å²) in [6.45, 7) is 1.92. The molecule has 1 heterocycles. The molecular formula is C18H18ClN3O2S2. The van der Waals surface area contributed by atoms with Crippen molar-refractivity contribution in [2.45, 2.75) is 28.5 Å². The van der Waals surface area contributed by atoms with Gasteiger partial charge in [0.2, 0.25) is 0 Å². The average molecular weight is 408 g/mol. The Morgan fingerprint density at radius 3 is 2.46 bits per heavy atom. The smallest absolute Gasteiger partial charge is 0.191 e. The molecule has 0 saturated carbocycles. The number of hydrogen-bond acceptors (Lipinski definition) is 5. The van der Waals surface area contributed by atoms with Crippen molar-refractivity contribution in [1.82, 2.24) is 14.8 Å². The van der Waals surface area contributed by atoms with Gasteiger partial charge in [0.05, 0.1) is 4.90 Å². The van der Waals surface area contributed by atoms with Crippen molar-refractivity contribution < 1.29 is 8.42 Å². The molecule has 3 aromatic rings. The molecule has 0 aliphatic carbocycles. The van der Waals surface area contributed by atoms with E-state index in [9.17, 15) is 8.42 Å². The second-order valence-electron chi connectivity index (χ2n) is 5.91. The maximum atomic E-state index is 12.6. The van der Waals surface area contributed by atoms with E-state index in [1.165, 1.54) is 11.8 Å². The van der Waals surface area contributed by atoms with E-state index in [1.54, 1.807) is 35.9 Å².